The Balaban J connectivity index is 1.80. The Morgan fingerprint density at radius 1 is 1.28 bits per heavy atom. The molecule has 7 nitrogen and oxygen atoms in total. The Labute approximate surface area is 187 Å². The molecule has 1 unspecified atom stereocenters. The van der Waals surface area contributed by atoms with Crippen LogP contribution in [0.4, 0.5) is 10.1 Å². The molecule has 1 atom stereocenters. The van der Waals surface area contributed by atoms with Crippen LogP contribution >= 0.6 is 0 Å². The van der Waals surface area contributed by atoms with Gasteiger partial charge in [0.05, 0.1) is 12.8 Å². The fraction of sp³-hybridized carbons (Fsp3) is 0.375. The number of nitrogens with one attached hydrogen (secondary N) is 1. The minimum absolute atomic E-state index is 0.118. The van der Waals surface area contributed by atoms with E-state index in [9.17, 15) is 9.59 Å². The molecule has 0 aromatic heterocycles. The molecule has 0 bridgehead atoms. The number of hydrazone groups is 1. The molecule has 3 rings (SSSR count). The zero-order chi connectivity index (χ0) is 23.1. The molecule has 2 aromatic carbocycles. The van der Waals surface area contributed by atoms with E-state index in [4.69, 9.17) is 4.74 Å². The molecular formula is C24H29FN4O3. The number of ether oxygens (including phenoxy) is 1. The Bertz CT molecular complexity index is 978. The van der Waals surface area contributed by atoms with Crippen molar-refractivity contribution in [2.45, 2.75) is 26.2 Å². The molecule has 2 amide bonds. The molecule has 1 heterocycles. The summed E-state index contributed by atoms with van der Waals surface area (Å²) >= 11 is 0. The molecule has 0 spiro atoms. The van der Waals surface area contributed by atoms with Crippen LogP contribution in [0.5, 0.6) is 5.75 Å². The van der Waals surface area contributed by atoms with Gasteiger partial charge in [-0.25, -0.2) is 4.39 Å². The predicted octanol–water partition coefficient (Wildman–Crippen LogP) is 3.65. The van der Waals surface area contributed by atoms with Crippen LogP contribution in [0.3, 0.4) is 0 Å². The average molecular weight is 441 g/mol. The zero-order valence-corrected chi connectivity index (χ0v) is 18.7. The average Bonchev–Trinajstić information content (AvgIpc) is 3.28. The number of amides is 2. The number of carbonyl (C=O) groups is 2. The number of nitrogens with zero attached hydrogens (tertiary/aromatic N) is 3. The Hall–Kier alpha value is -3.42. The van der Waals surface area contributed by atoms with Crippen molar-refractivity contribution >= 4 is 23.8 Å². The van der Waals surface area contributed by atoms with Crippen LogP contribution in [0.15, 0.2) is 47.6 Å². The molecule has 170 valence electrons. The molecule has 2 aromatic rings. The topological polar surface area (TPSA) is 74.2 Å². The molecule has 1 N–H and O–H groups in total. The van der Waals surface area contributed by atoms with Crippen LogP contribution in [-0.2, 0) is 9.59 Å². The zero-order valence-electron chi connectivity index (χ0n) is 18.7. The van der Waals surface area contributed by atoms with E-state index in [1.54, 1.807) is 26.3 Å². The van der Waals surface area contributed by atoms with Gasteiger partial charge in [-0.3, -0.25) is 14.5 Å². The first-order valence-corrected chi connectivity index (χ1v) is 10.7. The van der Waals surface area contributed by atoms with E-state index in [1.165, 1.54) is 11.0 Å². The van der Waals surface area contributed by atoms with E-state index >= 15 is 4.39 Å². The quantitative estimate of drug-likeness (QED) is 0.294. The van der Waals surface area contributed by atoms with Crippen molar-refractivity contribution in [3.05, 3.63) is 48.3 Å². The van der Waals surface area contributed by atoms with Crippen LogP contribution in [0, 0.1) is 11.7 Å². The first-order valence-electron chi connectivity index (χ1n) is 10.7. The Morgan fingerprint density at radius 2 is 2.00 bits per heavy atom. The first kappa shape index (κ1) is 23.2. The van der Waals surface area contributed by atoms with Crippen molar-refractivity contribution in [3.63, 3.8) is 0 Å². The van der Waals surface area contributed by atoms with E-state index in [1.807, 2.05) is 36.1 Å². The summed E-state index contributed by atoms with van der Waals surface area (Å²) in [5, 5.41) is 4.24. The number of carbonyl (C=O) groups excluding carboxylic acids is 2. The minimum Gasteiger partial charge on any atom is -0.497 e. The second kappa shape index (κ2) is 10.7. The van der Waals surface area contributed by atoms with E-state index in [0.29, 0.717) is 43.7 Å². The summed E-state index contributed by atoms with van der Waals surface area (Å²) in [7, 11) is 3.22. The molecule has 1 aliphatic heterocycles. The van der Waals surface area contributed by atoms with Crippen molar-refractivity contribution in [1.82, 2.24) is 10.3 Å². The summed E-state index contributed by atoms with van der Waals surface area (Å²) in [6, 6.07) is 12.1. The lowest BCUT2D eigenvalue weighted by Gasteiger charge is -2.23. The monoisotopic (exact) mass is 440 g/mol. The van der Waals surface area contributed by atoms with Gasteiger partial charge >= 0.3 is 0 Å². The fourth-order valence-electron chi connectivity index (χ4n) is 3.96. The van der Waals surface area contributed by atoms with Gasteiger partial charge in [-0.15, -0.1) is 0 Å². The third-order valence-electron chi connectivity index (χ3n) is 5.67. The highest BCUT2D eigenvalue weighted by Crippen LogP contribution is 2.29. The largest absolute Gasteiger partial charge is 0.497 e. The minimum atomic E-state index is -0.525. The summed E-state index contributed by atoms with van der Waals surface area (Å²) < 4.78 is 20.3. The number of methoxy groups -OCH3 is 1. The Morgan fingerprint density at radius 3 is 2.59 bits per heavy atom. The van der Waals surface area contributed by atoms with Gasteiger partial charge in [0.25, 0.3) is 0 Å². The molecule has 1 aliphatic rings. The maximum Gasteiger partial charge on any atom is 0.222 e. The van der Waals surface area contributed by atoms with E-state index in [-0.39, 0.29) is 17.5 Å². The lowest BCUT2D eigenvalue weighted by Crippen LogP contribution is -2.34. The van der Waals surface area contributed by atoms with Gasteiger partial charge in [0.15, 0.2) is 0 Å². The van der Waals surface area contributed by atoms with Crippen molar-refractivity contribution in [3.8, 4) is 16.9 Å². The van der Waals surface area contributed by atoms with Crippen LogP contribution in [-0.4, -0.2) is 50.3 Å². The molecule has 0 saturated carbocycles. The molecule has 8 heteroatoms. The molecular weight excluding hydrogens is 411 g/mol. The maximum absolute atomic E-state index is 15.1. The van der Waals surface area contributed by atoms with Gasteiger partial charge in [0.2, 0.25) is 12.3 Å². The van der Waals surface area contributed by atoms with Crippen LogP contribution < -0.4 is 15.1 Å². The van der Waals surface area contributed by atoms with Gasteiger partial charge in [0.1, 0.15) is 17.4 Å². The third kappa shape index (κ3) is 5.25. The number of amidine groups is 1. The summed E-state index contributed by atoms with van der Waals surface area (Å²) in [5.74, 6) is 0.878. The van der Waals surface area contributed by atoms with Crippen molar-refractivity contribution in [2.75, 3.05) is 32.1 Å². The van der Waals surface area contributed by atoms with Gasteiger partial charge in [-0.2, -0.15) is 5.10 Å². The number of benzene rings is 2. The number of halogens is 1. The normalized spacial score (nSPS) is 16.1. The molecule has 0 aliphatic carbocycles. The number of likely N-dealkylation sites (tertiary alicyclic amines) is 1. The predicted molar refractivity (Wildman–Crippen MR) is 123 cm³/mol. The van der Waals surface area contributed by atoms with E-state index in [2.05, 4.69) is 10.5 Å². The number of rotatable bonds is 8. The summed E-state index contributed by atoms with van der Waals surface area (Å²) in [6.45, 7) is 3.15. The van der Waals surface area contributed by atoms with Gasteiger partial charge < -0.3 is 15.1 Å². The second-order valence-electron chi connectivity index (χ2n) is 7.67. The highest BCUT2D eigenvalue weighted by molar-refractivity contribution is 6.10. The van der Waals surface area contributed by atoms with Crippen molar-refractivity contribution in [1.29, 1.82) is 0 Å². The lowest BCUT2D eigenvalue weighted by atomic mass is 10.0. The summed E-state index contributed by atoms with van der Waals surface area (Å²) in [6.07, 6.45) is 2.31. The van der Waals surface area contributed by atoms with Gasteiger partial charge in [-0.1, -0.05) is 25.1 Å². The van der Waals surface area contributed by atoms with Crippen molar-refractivity contribution in [2.24, 2.45) is 11.0 Å². The lowest BCUT2D eigenvalue weighted by molar-refractivity contribution is -0.129. The first-order chi connectivity index (χ1) is 15.5. The Kier molecular flexibility index (Phi) is 7.81. The standard InChI is InChI=1S/C24H29FN4O3/c1-4-24(31)28-12-11-17(15-28)13-23(27-26-2)29(16-30)22-10-7-19(14-21(22)25)18-5-8-20(32-3)9-6-18/h5-10,14,16-17,26H,4,11-13,15H2,1-3H3/b27-23-. The molecule has 1 fully saturated rings. The summed E-state index contributed by atoms with van der Waals surface area (Å²) in [4.78, 5) is 27.0. The van der Waals surface area contributed by atoms with Crippen LogP contribution in [0.1, 0.15) is 26.2 Å². The fourth-order valence-corrected chi connectivity index (χ4v) is 3.96. The van der Waals surface area contributed by atoms with Gasteiger partial charge in [0, 0.05) is 33.0 Å². The third-order valence-corrected chi connectivity index (χ3v) is 5.67. The van der Waals surface area contributed by atoms with E-state index in [0.717, 1.165) is 17.7 Å². The SMILES string of the molecule is CCC(=O)N1CCC(C/C(=N/NC)N(C=O)c2ccc(-c3ccc(OC)cc3)cc2F)C1. The molecule has 1 saturated heterocycles. The molecule has 0 radical (unpaired) electrons. The number of hydrogen-bond donors (Lipinski definition) is 1. The highest BCUT2D eigenvalue weighted by atomic mass is 19.1. The smallest absolute Gasteiger partial charge is 0.222 e. The molecule has 32 heavy (non-hydrogen) atoms. The highest BCUT2D eigenvalue weighted by Gasteiger charge is 2.29. The second-order valence-corrected chi connectivity index (χ2v) is 7.67. The maximum atomic E-state index is 15.1. The van der Waals surface area contributed by atoms with E-state index < -0.39 is 5.82 Å². The summed E-state index contributed by atoms with van der Waals surface area (Å²) in [5.41, 5.74) is 4.37. The van der Waals surface area contributed by atoms with Crippen molar-refractivity contribution < 1.29 is 18.7 Å². The van der Waals surface area contributed by atoms with Crippen LogP contribution in [0.2, 0.25) is 0 Å². The van der Waals surface area contributed by atoms with Crippen LogP contribution in [0.25, 0.3) is 11.1 Å². The number of hydrogen-bond acceptors (Lipinski definition) is 5. The number of anilines is 1. The van der Waals surface area contributed by atoms with Gasteiger partial charge in [-0.05, 0) is 47.7 Å².